The minimum absolute atomic E-state index is 0.799. The summed E-state index contributed by atoms with van der Waals surface area (Å²) in [6, 6.07) is 3.90. The van der Waals surface area contributed by atoms with Crippen molar-refractivity contribution in [2.75, 3.05) is 5.73 Å². The van der Waals surface area contributed by atoms with Crippen LogP contribution in [0.15, 0.2) is 18.3 Å². The Morgan fingerprint density at radius 2 is 2.17 bits per heavy atom. The molecule has 0 atom stereocenters. The van der Waals surface area contributed by atoms with Gasteiger partial charge in [0.1, 0.15) is 0 Å². The Balaban J connectivity index is 2.93. The van der Waals surface area contributed by atoms with Crippen molar-refractivity contribution in [2.24, 2.45) is 7.05 Å². The molecule has 0 spiro atoms. The van der Waals surface area contributed by atoms with Crippen molar-refractivity contribution in [3.8, 4) is 0 Å². The molecule has 0 unspecified atom stereocenters. The highest BCUT2D eigenvalue weighted by Gasteiger charge is 2.02. The van der Waals surface area contributed by atoms with E-state index in [-0.39, 0.29) is 0 Å². The quantitative estimate of drug-likeness (QED) is 0.594. The van der Waals surface area contributed by atoms with Gasteiger partial charge in [-0.2, -0.15) is 5.10 Å². The number of nitrogen functional groups attached to an aromatic ring is 1. The molecule has 0 aliphatic heterocycles. The summed E-state index contributed by atoms with van der Waals surface area (Å²) >= 11 is 0. The van der Waals surface area contributed by atoms with Gasteiger partial charge in [-0.15, -0.1) is 0 Å². The van der Waals surface area contributed by atoms with E-state index in [1.54, 1.807) is 0 Å². The second-order valence-electron chi connectivity index (χ2n) is 3.04. The third-order valence-electron chi connectivity index (χ3n) is 2.05. The van der Waals surface area contributed by atoms with E-state index in [4.69, 9.17) is 5.73 Å². The van der Waals surface area contributed by atoms with Crippen molar-refractivity contribution >= 4 is 16.6 Å². The van der Waals surface area contributed by atoms with Gasteiger partial charge in [0.15, 0.2) is 0 Å². The molecule has 12 heavy (non-hydrogen) atoms. The summed E-state index contributed by atoms with van der Waals surface area (Å²) in [5.41, 5.74) is 8.82. The van der Waals surface area contributed by atoms with Crippen LogP contribution < -0.4 is 5.73 Å². The SMILES string of the molecule is Cc1cc(N)cc2cnn(C)c12. The first kappa shape index (κ1) is 7.16. The molecule has 62 valence electrons. The Morgan fingerprint density at radius 3 is 2.92 bits per heavy atom. The third-order valence-corrected chi connectivity index (χ3v) is 2.05. The molecule has 1 aromatic heterocycles. The number of benzene rings is 1. The van der Waals surface area contributed by atoms with Gasteiger partial charge in [0.25, 0.3) is 0 Å². The topological polar surface area (TPSA) is 43.8 Å². The molecular weight excluding hydrogens is 150 g/mol. The average molecular weight is 161 g/mol. The Labute approximate surface area is 70.8 Å². The largest absolute Gasteiger partial charge is 0.399 e. The predicted octanol–water partition coefficient (Wildman–Crippen LogP) is 1.46. The van der Waals surface area contributed by atoms with Crippen LogP contribution >= 0.6 is 0 Å². The highest BCUT2D eigenvalue weighted by Crippen LogP contribution is 2.20. The van der Waals surface area contributed by atoms with Crippen molar-refractivity contribution in [1.29, 1.82) is 0 Å². The van der Waals surface area contributed by atoms with E-state index in [0.717, 1.165) is 16.6 Å². The Kier molecular flexibility index (Phi) is 1.33. The number of aromatic nitrogens is 2. The van der Waals surface area contributed by atoms with Crippen LogP contribution in [0.4, 0.5) is 5.69 Å². The molecule has 3 heteroatoms. The van der Waals surface area contributed by atoms with Gasteiger partial charge < -0.3 is 5.73 Å². The highest BCUT2D eigenvalue weighted by molar-refractivity contribution is 5.85. The number of hydrogen-bond acceptors (Lipinski definition) is 2. The zero-order valence-corrected chi connectivity index (χ0v) is 7.20. The fourth-order valence-corrected chi connectivity index (χ4v) is 1.58. The van der Waals surface area contributed by atoms with E-state index in [9.17, 15) is 0 Å². The Bertz CT molecular complexity index is 429. The number of nitrogens with two attached hydrogens (primary N) is 1. The van der Waals surface area contributed by atoms with Crippen LogP contribution in [0, 0.1) is 6.92 Å². The molecule has 1 aromatic carbocycles. The molecule has 2 N–H and O–H groups in total. The van der Waals surface area contributed by atoms with Crippen LogP contribution in [0.5, 0.6) is 0 Å². The lowest BCUT2D eigenvalue weighted by molar-refractivity contribution is 0.795. The number of rotatable bonds is 0. The van der Waals surface area contributed by atoms with Gasteiger partial charge in [-0.25, -0.2) is 0 Å². The fourth-order valence-electron chi connectivity index (χ4n) is 1.58. The summed E-state index contributed by atoms with van der Waals surface area (Å²) in [5, 5.41) is 5.27. The maximum Gasteiger partial charge on any atom is 0.0709 e. The maximum atomic E-state index is 5.70. The Morgan fingerprint density at radius 1 is 1.42 bits per heavy atom. The maximum absolute atomic E-state index is 5.70. The molecule has 0 saturated heterocycles. The van der Waals surface area contributed by atoms with Crippen molar-refractivity contribution in [3.63, 3.8) is 0 Å². The van der Waals surface area contributed by atoms with E-state index in [0.29, 0.717) is 0 Å². The van der Waals surface area contributed by atoms with E-state index >= 15 is 0 Å². The zero-order chi connectivity index (χ0) is 8.72. The van der Waals surface area contributed by atoms with Crippen molar-refractivity contribution < 1.29 is 0 Å². The summed E-state index contributed by atoms with van der Waals surface area (Å²) < 4.78 is 1.87. The minimum atomic E-state index is 0.799. The third kappa shape index (κ3) is 0.863. The molecule has 2 aromatic rings. The van der Waals surface area contributed by atoms with Crippen LogP contribution in [0.3, 0.4) is 0 Å². The molecule has 2 rings (SSSR count). The number of hydrogen-bond donors (Lipinski definition) is 1. The molecule has 0 fully saturated rings. The number of aryl methyl sites for hydroxylation is 2. The van der Waals surface area contributed by atoms with Crippen LogP contribution in [-0.4, -0.2) is 9.78 Å². The lowest BCUT2D eigenvalue weighted by atomic mass is 10.1. The van der Waals surface area contributed by atoms with Crippen LogP contribution in [0.2, 0.25) is 0 Å². The lowest BCUT2D eigenvalue weighted by Gasteiger charge is -2.00. The first-order valence-corrected chi connectivity index (χ1v) is 3.86. The molecule has 0 amide bonds. The van der Waals surface area contributed by atoms with Crippen molar-refractivity contribution in [3.05, 3.63) is 23.9 Å². The molecule has 1 heterocycles. The second kappa shape index (κ2) is 2.24. The second-order valence-corrected chi connectivity index (χ2v) is 3.04. The molecule has 0 aliphatic carbocycles. The summed E-state index contributed by atoms with van der Waals surface area (Å²) in [5.74, 6) is 0. The lowest BCUT2D eigenvalue weighted by Crippen LogP contribution is -1.92. The number of fused-ring (bicyclic) bond motifs is 1. The first-order chi connectivity index (χ1) is 5.68. The van der Waals surface area contributed by atoms with Gasteiger partial charge >= 0.3 is 0 Å². The molecule has 0 bridgehead atoms. The molecule has 3 nitrogen and oxygen atoms in total. The smallest absolute Gasteiger partial charge is 0.0709 e. The standard InChI is InChI=1S/C9H11N3/c1-6-3-8(10)4-7-5-11-12(2)9(6)7/h3-5H,10H2,1-2H3. The van der Waals surface area contributed by atoms with Gasteiger partial charge in [0.2, 0.25) is 0 Å². The first-order valence-electron chi connectivity index (χ1n) is 3.86. The van der Waals surface area contributed by atoms with E-state index in [1.165, 1.54) is 5.56 Å². The monoisotopic (exact) mass is 161 g/mol. The van der Waals surface area contributed by atoms with E-state index in [1.807, 2.05) is 37.0 Å². The zero-order valence-electron chi connectivity index (χ0n) is 7.20. The van der Waals surface area contributed by atoms with E-state index in [2.05, 4.69) is 5.10 Å². The average Bonchev–Trinajstić information content (AvgIpc) is 2.31. The van der Waals surface area contributed by atoms with Crippen LogP contribution in [0.1, 0.15) is 5.56 Å². The molecular formula is C9H11N3. The van der Waals surface area contributed by atoms with Gasteiger partial charge in [-0.05, 0) is 24.6 Å². The van der Waals surface area contributed by atoms with Crippen molar-refractivity contribution in [1.82, 2.24) is 9.78 Å². The van der Waals surface area contributed by atoms with Gasteiger partial charge in [0.05, 0.1) is 11.7 Å². The highest BCUT2D eigenvalue weighted by atomic mass is 15.2. The minimum Gasteiger partial charge on any atom is -0.399 e. The molecule has 0 radical (unpaired) electrons. The predicted molar refractivity (Wildman–Crippen MR) is 49.9 cm³/mol. The number of anilines is 1. The normalized spacial score (nSPS) is 10.8. The summed E-state index contributed by atoms with van der Waals surface area (Å²) in [6.45, 7) is 2.04. The number of nitrogens with zero attached hydrogens (tertiary/aromatic N) is 2. The summed E-state index contributed by atoms with van der Waals surface area (Å²) in [6.07, 6.45) is 1.83. The van der Waals surface area contributed by atoms with Crippen LogP contribution in [-0.2, 0) is 7.05 Å². The fraction of sp³-hybridized carbons (Fsp3) is 0.222. The van der Waals surface area contributed by atoms with Crippen LogP contribution in [0.25, 0.3) is 10.9 Å². The van der Waals surface area contributed by atoms with Gasteiger partial charge in [-0.1, -0.05) is 0 Å². The van der Waals surface area contributed by atoms with Gasteiger partial charge in [-0.3, -0.25) is 4.68 Å². The summed E-state index contributed by atoms with van der Waals surface area (Å²) in [4.78, 5) is 0. The summed E-state index contributed by atoms with van der Waals surface area (Å²) in [7, 11) is 1.94. The molecule has 0 aliphatic rings. The Hall–Kier alpha value is -1.51. The van der Waals surface area contributed by atoms with Gasteiger partial charge in [0, 0.05) is 18.1 Å². The van der Waals surface area contributed by atoms with Crippen molar-refractivity contribution in [2.45, 2.75) is 6.92 Å². The molecule has 0 saturated carbocycles. The van der Waals surface area contributed by atoms with E-state index < -0.39 is 0 Å².